The van der Waals surface area contributed by atoms with Gasteiger partial charge in [0, 0.05) is 30.1 Å². The van der Waals surface area contributed by atoms with Gasteiger partial charge in [0.2, 0.25) is 0 Å². The van der Waals surface area contributed by atoms with E-state index in [0.717, 1.165) is 24.5 Å². The molecule has 3 rings (SSSR count). The van der Waals surface area contributed by atoms with E-state index in [1.807, 2.05) is 11.3 Å². The molecule has 1 aromatic heterocycles. The number of likely N-dealkylation sites (N-methyl/N-ethyl adjacent to an activating group) is 2. The maximum Gasteiger partial charge on any atom is 0.185 e. The molecular formula is C15H26N4S. The zero-order valence-corrected chi connectivity index (χ0v) is 13.7. The monoisotopic (exact) mass is 294 g/mol. The van der Waals surface area contributed by atoms with E-state index in [4.69, 9.17) is 10.7 Å². The molecule has 1 fully saturated rings. The number of hydrogen-bond acceptors (Lipinski definition) is 5. The third kappa shape index (κ3) is 2.36. The van der Waals surface area contributed by atoms with Gasteiger partial charge in [-0.1, -0.05) is 0 Å². The molecule has 1 unspecified atom stereocenters. The van der Waals surface area contributed by atoms with Gasteiger partial charge in [0.25, 0.3) is 0 Å². The van der Waals surface area contributed by atoms with Crippen molar-refractivity contribution in [2.24, 2.45) is 5.73 Å². The third-order valence-corrected chi connectivity index (χ3v) is 6.42. The van der Waals surface area contributed by atoms with Gasteiger partial charge < -0.3 is 15.5 Å². The summed E-state index contributed by atoms with van der Waals surface area (Å²) in [5.41, 5.74) is 7.82. The van der Waals surface area contributed by atoms with Gasteiger partial charge in [-0.3, -0.25) is 0 Å². The SMILES string of the molecule is CN(CC1(N(C)C)CCC1)c1nc2c(s1)C(N)CCC2. The Labute approximate surface area is 126 Å². The van der Waals surface area contributed by atoms with Crippen molar-refractivity contribution in [1.82, 2.24) is 9.88 Å². The standard InChI is InChI=1S/C15H26N4S/c1-18(2)15(8-5-9-15)10-19(3)14-17-12-7-4-6-11(16)13(12)20-14/h11H,4-10,16H2,1-3H3. The van der Waals surface area contributed by atoms with Gasteiger partial charge >= 0.3 is 0 Å². The average Bonchev–Trinajstić information content (AvgIpc) is 2.78. The number of rotatable bonds is 4. The minimum atomic E-state index is 0.213. The van der Waals surface area contributed by atoms with E-state index in [9.17, 15) is 0 Å². The van der Waals surface area contributed by atoms with E-state index in [0.29, 0.717) is 5.54 Å². The van der Waals surface area contributed by atoms with E-state index < -0.39 is 0 Å². The second kappa shape index (κ2) is 5.28. The van der Waals surface area contributed by atoms with Crippen LogP contribution >= 0.6 is 11.3 Å². The van der Waals surface area contributed by atoms with Crippen LogP contribution in [0.1, 0.15) is 48.7 Å². The molecule has 2 aliphatic carbocycles. The Balaban J connectivity index is 1.76. The molecule has 0 bridgehead atoms. The van der Waals surface area contributed by atoms with Gasteiger partial charge in [0.05, 0.1) is 5.69 Å². The molecule has 1 saturated carbocycles. The number of hydrogen-bond donors (Lipinski definition) is 1. The third-order valence-electron chi connectivity index (χ3n) is 5.07. The van der Waals surface area contributed by atoms with Crippen LogP contribution in [-0.2, 0) is 6.42 Å². The summed E-state index contributed by atoms with van der Waals surface area (Å²) in [7, 11) is 6.59. The van der Waals surface area contributed by atoms with Crippen LogP contribution in [0.3, 0.4) is 0 Å². The molecule has 0 radical (unpaired) electrons. The summed E-state index contributed by atoms with van der Waals surface area (Å²) < 4.78 is 0. The van der Waals surface area contributed by atoms with Crippen LogP contribution in [0, 0.1) is 0 Å². The van der Waals surface area contributed by atoms with E-state index in [-0.39, 0.29) is 6.04 Å². The fraction of sp³-hybridized carbons (Fsp3) is 0.800. The first-order valence-corrected chi connectivity index (χ1v) is 8.47. The Hall–Kier alpha value is -0.650. The quantitative estimate of drug-likeness (QED) is 0.926. The second-order valence-corrected chi connectivity index (χ2v) is 7.64. The summed E-state index contributed by atoms with van der Waals surface area (Å²) in [6.45, 7) is 1.07. The largest absolute Gasteiger partial charge is 0.349 e. The van der Waals surface area contributed by atoms with Crippen molar-refractivity contribution >= 4 is 16.5 Å². The lowest BCUT2D eigenvalue weighted by Crippen LogP contribution is -2.56. The molecular weight excluding hydrogens is 268 g/mol. The molecule has 0 saturated heterocycles. The van der Waals surface area contributed by atoms with Crippen LogP contribution in [0.25, 0.3) is 0 Å². The summed E-state index contributed by atoms with van der Waals surface area (Å²) in [6, 6.07) is 0.213. The Morgan fingerprint density at radius 3 is 2.60 bits per heavy atom. The second-order valence-electron chi connectivity index (χ2n) is 6.63. The molecule has 4 nitrogen and oxygen atoms in total. The first-order valence-electron chi connectivity index (χ1n) is 7.66. The lowest BCUT2D eigenvalue weighted by molar-refractivity contribution is 0.0683. The Morgan fingerprint density at radius 2 is 2.05 bits per heavy atom. The minimum Gasteiger partial charge on any atom is -0.349 e. The lowest BCUT2D eigenvalue weighted by Gasteiger charge is -2.49. The van der Waals surface area contributed by atoms with Gasteiger partial charge in [-0.25, -0.2) is 4.98 Å². The molecule has 1 heterocycles. The maximum atomic E-state index is 6.22. The van der Waals surface area contributed by atoms with Crippen molar-refractivity contribution in [3.05, 3.63) is 10.6 Å². The summed E-state index contributed by atoms with van der Waals surface area (Å²) in [5.74, 6) is 0. The van der Waals surface area contributed by atoms with Gasteiger partial charge in [0.1, 0.15) is 0 Å². The molecule has 0 aromatic carbocycles. The molecule has 112 valence electrons. The zero-order chi connectivity index (χ0) is 14.3. The Bertz CT molecular complexity index is 478. The Kier molecular flexibility index (Phi) is 3.77. The molecule has 0 amide bonds. The highest BCUT2D eigenvalue weighted by atomic mass is 32.1. The fourth-order valence-corrected chi connectivity index (χ4v) is 4.55. The van der Waals surface area contributed by atoms with Gasteiger partial charge in [-0.05, 0) is 52.6 Å². The van der Waals surface area contributed by atoms with Gasteiger partial charge in [-0.15, -0.1) is 11.3 Å². The van der Waals surface area contributed by atoms with E-state index in [1.165, 1.54) is 36.3 Å². The van der Waals surface area contributed by atoms with Crippen molar-refractivity contribution in [3.8, 4) is 0 Å². The van der Waals surface area contributed by atoms with Crippen LogP contribution in [0.4, 0.5) is 5.13 Å². The van der Waals surface area contributed by atoms with E-state index >= 15 is 0 Å². The normalized spacial score (nSPS) is 24.4. The summed E-state index contributed by atoms with van der Waals surface area (Å²) in [4.78, 5) is 10.9. The number of fused-ring (bicyclic) bond motifs is 1. The van der Waals surface area contributed by atoms with Crippen LogP contribution in [0.15, 0.2) is 0 Å². The van der Waals surface area contributed by atoms with Gasteiger partial charge in [0.15, 0.2) is 5.13 Å². The molecule has 0 spiro atoms. The number of anilines is 1. The van der Waals surface area contributed by atoms with Crippen molar-refractivity contribution in [2.45, 2.75) is 50.1 Å². The maximum absolute atomic E-state index is 6.22. The van der Waals surface area contributed by atoms with Crippen LogP contribution in [0.2, 0.25) is 0 Å². The highest BCUT2D eigenvalue weighted by Crippen LogP contribution is 2.40. The first kappa shape index (κ1) is 14.3. The molecule has 20 heavy (non-hydrogen) atoms. The number of thiazole rings is 1. The smallest absolute Gasteiger partial charge is 0.185 e. The molecule has 1 atom stereocenters. The first-order chi connectivity index (χ1) is 9.52. The molecule has 2 aliphatic rings. The average molecular weight is 294 g/mol. The summed E-state index contributed by atoms with van der Waals surface area (Å²) >= 11 is 1.81. The van der Waals surface area contributed by atoms with Crippen LogP contribution < -0.4 is 10.6 Å². The number of aromatic nitrogens is 1. The predicted octanol–water partition coefficient (Wildman–Crippen LogP) is 2.40. The zero-order valence-electron chi connectivity index (χ0n) is 12.9. The molecule has 2 N–H and O–H groups in total. The highest BCUT2D eigenvalue weighted by Gasteiger charge is 2.40. The number of aryl methyl sites for hydroxylation is 1. The van der Waals surface area contributed by atoms with Crippen molar-refractivity contribution in [1.29, 1.82) is 0 Å². The van der Waals surface area contributed by atoms with Crippen LogP contribution in [0.5, 0.6) is 0 Å². The van der Waals surface area contributed by atoms with E-state index in [1.54, 1.807) is 0 Å². The fourth-order valence-electron chi connectivity index (χ4n) is 3.44. The molecule has 1 aromatic rings. The predicted molar refractivity (Wildman–Crippen MR) is 85.5 cm³/mol. The van der Waals surface area contributed by atoms with E-state index in [2.05, 4.69) is 30.9 Å². The molecule has 5 heteroatoms. The van der Waals surface area contributed by atoms with Crippen molar-refractivity contribution in [3.63, 3.8) is 0 Å². The minimum absolute atomic E-state index is 0.213. The van der Waals surface area contributed by atoms with Gasteiger partial charge in [-0.2, -0.15) is 0 Å². The highest BCUT2D eigenvalue weighted by molar-refractivity contribution is 7.15. The summed E-state index contributed by atoms with van der Waals surface area (Å²) in [6.07, 6.45) is 7.35. The molecule has 0 aliphatic heterocycles. The van der Waals surface area contributed by atoms with Crippen molar-refractivity contribution in [2.75, 3.05) is 32.6 Å². The number of nitrogens with two attached hydrogens (primary N) is 1. The lowest BCUT2D eigenvalue weighted by atomic mass is 9.75. The number of nitrogens with zero attached hydrogens (tertiary/aromatic N) is 3. The van der Waals surface area contributed by atoms with Crippen LogP contribution in [-0.4, -0.2) is 43.1 Å². The Morgan fingerprint density at radius 1 is 1.30 bits per heavy atom. The summed E-state index contributed by atoms with van der Waals surface area (Å²) in [5, 5.41) is 1.15. The topological polar surface area (TPSA) is 45.4 Å². The van der Waals surface area contributed by atoms with Crippen molar-refractivity contribution < 1.29 is 0 Å².